The largest absolute Gasteiger partial charge is 0.493 e. The summed E-state index contributed by atoms with van der Waals surface area (Å²) in [5.74, 6) is 1.93. The average molecular weight is 407 g/mol. The molecule has 0 aliphatic carbocycles. The van der Waals surface area contributed by atoms with Crippen LogP contribution in [0.5, 0.6) is 5.75 Å². The second-order valence-corrected chi connectivity index (χ2v) is 7.81. The highest BCUT2D eigenvalue weighted by Gasteiger charge is 2.22. The zero-order chi connectivity index (χ0) is 20.8. The van der Waals surface area contributed by atoms with Crippen LogP contribution in [-0.2, 0) is 17.8 Å². The monoisotopic (exact) mass is 406 g/mol. The highest BCUT2D eigenvalue weighted by Crippen LogP contribution is 2.31. The van der Waals surface area contributed by atoms with Gasteiger partial charge in [0, 0.05) is 45.1 Å². The summed E-state index contributed by atoms with van der Waals surface area (Å²) < 4.78 is 5.73. The number of nitrogens with one attached hydrogen (secondary N) is 2. The summed E-state index contributed by atoms with van der Waals surface area (Å²) in [4.78, 5) is 18.9. The van der Waals surface area contributed by atoms with Gasteiger partial charge in [-0.25, -0.2) is 0 Å². The molecule has 2 aromatic carbocycles. The molecule has 4 rings (SSSR count). The van der Waals surface area contributed by atoms with Gasteiger partial charge in [0.15, 0.2) is 5.96 Å². The van der Waals surface area contributed by atoms with Gasteiger partial charge >= 0.3 is 0 Å². The van der Waals surface area contributed by atoms with Gasteiger partial charge in [-0.3, -0.25) is 9.79 Å². The molecule has 2 aliphatic heterocycles. The molecule has 6 heteroatoms. The zero-order valence-electron chi connectivity index (χ0n) is 17.6. The van der Waals surface area contributed by atoms with E-state index in [2.05, 4.69) is 39.9 Å². The molecule has 1 unspecified atom stereocenters. The lowest BCUT2D eigenvalue weighted by atomic mass is 9.99. The normalized spacial score (nSPS) is 18.1. The minimum Gasteiger partial charge on any atom is -0.493 e. The van der Waals surface area contributed by atoms with Gasteiger partial charge in [0.1, 0.15) is 5.75 Å². The van der Waals surface area contributed by atoms with E-state index in [1.807, 2.05) is 29.2 Å². The third kappa shape index (κ3) is 4.75. The molecule has 0 saturated heterocycles. The molecule has 0 fully saturated rings. The molecule has 30 heavy (non-hydrogen) atoms. The molecule has 1 atom stereocenters. The van der Waals surface area contributed by atoms with Gasteiger partial charge in [0.2, 0.25) is 5.91 Å². The first-order chi connectivity index (χ1) is 14.7. The molecule has 2 N–H and O–H groups in total. The molecule has 0 bridgehead atoms. The van der Waals surface area contributed by atoms with Crippen molar-refractivity contribution in [3.63, 3.8) is 0 Å². The fourth-order valence-corrected chi connectivity index (χ4v) is 4.16. The van der Waals surface area contributed by atoms with Crippen molar-refractivity contribution in [1.82, 2.24) is 15.5 Å². The van der Waals surface area contributed by atoms with E-state index in [1.165, 1.54) is 11.1 Å². The number of para-hydroxylation sites is 1. The fourth-order valence-electron chi connectivity index (χ4n) is 4.16. The zero-order valence-corrected chi connectivity index (χ0v) is 17.6. The first kappa shape index (κ1) is 20.3. The smallest absolute Gasteiger partial charge is 0.222 e. The van der Waals surface area contributed by atoms with Crippen LogP contribution in [0.4, 0.5) is 0 Å². The highest BCUT2D eigenvalue weighted by atomic mass is 16.5. The predicted molar refractivity (Wildman–Crippen MR) is 119 cm³/mol. The van der Waals surface area contributed by atoms with Crippen molar-refractivity contribution >= 4 is 11.9 Å². The van der Waals surface area contributed by atoms with E-state index >= 15 is 0 Å². The van der Waals surface area contributed by atoms with Crippen LogP contribution < -0.4 is 15.4 Å². The molecule has 0 radical (unpaired) electrons. The molecular formula is C24H30N4O2. The number of carbonyl (C=O) groups excluding carboxylic acids is 1. The van der Waals surface area contributed by atoms with Crippen molar-refractivity contribution in [1.29, 1.82) is 0 Å². The number of nitrogens with zero attached hydrogens (tertiary/aromatic N) is 2. The minimum absolute atomic E-state index is 0.177. The Bertz CT molecular complexity index is 912. The Balaban J connectivity index is 1.22. The Morgan fingerprint density at radius 2 is 1.97 bits per heavy atom. The summed E-state index contributed by atoms with van der Waals surface area (Å²) in [6.07, 6.45) is 3.17. The molecule has 2 aliphatic rings. The van der Waals surface area contributed by atoms with Crippen LogP contribution >= 0.6 is 0 Å². The molecule has 158 valence electrons. The summed E-state index contributed by atoms with van der Waals surface area (Å²) in [5.41, 5.74) is 3.80. The molecule has 1 amide bonds. The average Bonchev–Trinajstić information content (AvgIpc) is 2.80. The summed E-state index contributed by atoms with van der Waals surface area (Å²) in [7, 11) is 1.77. The number of amides is 1. The topological polar surface area (TPSA) is 66.0 Å². The standard InChI is InChI=1S/C24H30N4O2/c1-25-24(27-21-13-16-30-22-10-5-4-9-20(21)22)26-14-6-11-23(29)28-15-12-18-7-2-3-8-19(18)17-28/h2-5,7-10,21H,6,11-17H2,1H3,(H2,25,26,27). The maximum Gasteiger partial charge on any atom is 0.222 e. The molecule has 0 aromatic heterocycles. The summed E-state index contributed by atoms with van der Waals surface area (Å²) in [6, 6.07) is 16.7. The summed E-state index contributed by atoms with van der Waals surface area (Å²) in [6.45, 7) is 2.95. The van der Waals surface area contributed by atoms with Crippen molar-refractivity contribution in [3.8, 4) is 5.75 Å². The number of fused-ring (bicyclic) bond motifs is 2. The summed E-state index contributed by atoms with van der Waals surface area (Å²) in [5, 5.41) is 6.84. The predicted octanol–water partition coefficient (Wildman–Crippen LogP) is 3.04. The lowest BCUT2D eigenvalue weighted by molar-refractivity contribution is -0.132. The second kappa shape index (κ2) is 9.65. The Morgan fingerprint density at radius 1 is 1.17 bits per heavy atom. The quantitative estimate of drug-likeness (QED) is 0.455. The van der Waals surface area contributed by atoms with E-state index in [0.29, 0.717) is 19.6 Å². The number of hydrogen-bond donors (Lipinski definition) is 2. The Hall–Kier alpha value is -3.02. The number of benzene rings is 2. The Morgan fingerprint density at radius 3 is 2.83 bits per heavy atom. The number of carbonyl (C=O) groups is 1. The van der Waals surface area contributed by atoms with Crippen molar-refractivity contribution in [2.24, 2.45) is 4.99 Å². The first-order valence-corrected chi connectivity index (χ1v) is 10.8. The first-order valence-electron chi connectivity index (χ1n) is 10.8. The molecule has 6 nitrogen and oxygen atoms in total. The van der Waals surface area contributed by atoms with Crippen LogP contribution in [0.1, 0.15) is 42.0 Å². The molecular weight excluding hydrogens is 376 g/mol. The van der Waals surface area contributed by atoms with Crippen molar-refractivity contribution in [3.05, 3.63) is 65.2 Å². The van der Waals surface area contributed by atoms with Crippen LogP contribution in [0.15, 0.2) is 53.5 Å². The van der Waals surface area contributed by atoms with E-state index in [1.54, 1.807) is 7.05 Å². The van der Waals surface area contributed by atoms with Gasteiger partial charge in [0.05, 0.1) is 12.6 Å². The SMILES string of the molecule is CN=C(NCCCC(=O)N1CCc2ccccc2C1)NC1CCOc2ccccc21. The maximum absolute atomic E-state index is 12.6. The number of hydrogen-bond acceptors (Lipinski definition) is 3. The Kier molecular flexibility index (Phi) is 6.52. The fraction of sp³-hybridized carbons (Fsp3) is 0.417. The van der Waals surface area contributed by atoms with E-state index in [0.717, 1.165) is 49.6 Å². The van der Waals surface area contributed by atoms with Crippen LogP contribution in [0.25, 0.3) is 0 Å². The van der Waals surface area contributed by atoms with Crippen LogP contribution in [0.2, 0.25) is 0 Å². The van der Waals surface area contributed by atoms with Gasteiger partial charge < -0.3 is 20.3 Å². The number of ether oxygens (including phenoxy) is 1. The molecule has 0 spiro atoms. The number of guanidine groups is 1. The van der Waals surface area contributed by atoms with Crippen LogP contribution in [-0.4, -0.2) is 43.5 Å². The second-order valence-electron chi connectivity index (χ2n) is 7.81. The number of aliphatic imine (C=N–C) groups is 1. The highest BCUT2D eigenvalue weighted by molar-refractivity contribution is 5.80. The molecule has 2 heterocycles. The van der Waals surface area contributed by atoms with E-state index in [4.69, 9.17) is 4.74 Å². The van der Waals surface area contributed by atoms with E-state index in [-0.39, 0.29) is 11.9 Å². The van der Waals surface area contributed by atoms with Gasteiger partial charge in [-0.1, -0.05) is 42.5 Å². The number of rotatable bonds is 5. The van der Waals surface area contributed by atoms with Crippen molar-refractivity contribution in [2.75, 3.05) is 26.7 Å². The van der Waals surface area contributed by atoms with Crippen LogP contribution in [0.3, 0.4) is 0 Å². The lowest BCUT2D eigenvalue weighted by Gasteiger charge is -2.29. The summed E-state index contributed by atoms with van der Waals surface area (Å²) >= 11 is 0. The van der Waals surface area contributed by atoms with Gasteiger partial charge in [-0.15, -0.1) is 0 Å². The maximum atomic E-state index is 12.6. The molecule has 0 saturated carbocycles. The van der Waals surface area contributed by atoms with Crippen molar-refractivity contribution in [2.45, 2.75) is 38.3 Å². The van der Waals surface area contributed by atoms with Gasteiger partial charge in [0.25, 0.3) is 0 Å². The van der Waals surface area contributed by atoms with Crippen molar-refractivity contribution < 1.29 is 9.53 Å². The van der Waals surface area contributed by atoms with Gasteiger partial charge in [-0.2, -0.15) is 0 Å². The van der Waals surface area contributed by atoms with E-state index < -0.39 is 0 Å². The molecule has 2 aromatic rings. The minimum atomic E-state index is 0.177. The Labute approximate surface area is 178 Å². The lowest BCUT2D eigenvalue weighted by Crippen LogP contribution is -2.41. The van der Waals surface area contributed by atoms with Crippen LogP contribution in [0, 0.1) is 0 Å². The third-order valence-electron chi connectivity index (χ3n) is 5.84. The third-order valence-corrected chi connectivity index (χ3v) is 5.84. The van der Waals surface area contributed by atoms with E-state index in [9.17, 15) is 4.79 Å². The van der Waals surface area contributed by atoms with Gasteiger partial charge in [-0.05, 0) is 30.0 Å².